The number of aromatic amines is 1. The van der Waals surface area contributed by atoms with Crippen LogP contribution in [-0.2, 0) is 4.74 Å². The molecule has 2 aromatic rings. The maximum absolute atomic E-state index is 11.9. The summed E-state index contributed by atoms with van der Waals surface area (Å²) in [7, 11) is 0. The molecular formula is C19H21N3O7. The van der Waals surface area contributed by atoms with E-state index in [-0.39, 0.29) is 12.3 Å². The van der Waals surface area contributed by atoms with Crippen LogP contribution in [0.4, 0.5) is 0 Å². The summed E-state index contributed by atoms with van der Waals surface area (Å²) in [4.78, 5) is 25.2. The number of benzene rings is 1. The van der Waals surface area contributed by atoms with Gasteiger partial charge in [-0.1, -0.05) is 0 Å². The minimum atomic E-state index is -1.32. The second-order valence-electron chi connectivity index (χ2n) is 7.01. The van der Waals surface area contributed by atoms with Gasteiger partial charge in [-0.15, -0.1) is 0 Å². The molecule has 0 unspecified atom stereocenters. The first-order valence-corrected chi connectivity index (χ1v) is 9.11. The van der Waals surface area contributed by atoms with E-state index in [1.165, 1.54) is 6.20 Å². The molecule has 1 fully saturated rings. The largest absolute Gasteiger partial charge is 0.508 e. The normalized spacial score (nSPS) is 25.9. The molecule has 4 atom stereocenters. The lowest BCUT2D eigenvalue weighted by atomic mass is 10.1. The number of aliphatic hydroxyl groups is 2. The molecule has 2 aliphatic heterocycles. The van der Waals surface area contributed by atoms with Gasteiger partial charge in [0.05, 0.1) is 0 Å². The first-order valence-electron chi connectivity index (χ1n) is 9.11. The molecule has 0 amide bonds. The van der Waals surface area contributed by atoms with Crippen molar-refractivity contribution in [1.82, 2.24) is 14.9 Å². The lowest BCUT2D eigenvalue weighted by Crippen LogP contribution is -2.39. The molecule has 10 heteroatoms. The Morgan fingerprint density at radius 2 is 2.03 bits per heavy atom. The minimum absolute atomic E-state index is 0.151. The van der Waals surface area contributed by atoms with Crippen molar-refractivity contribution in [3.8, 4) is 11.5 Å². The second kappa shape index (κ2) is 7.84. The van der Waals surface area contributed by atoms with Gasteiger partial charge in [0.1, 0.15) is 36.4 Å². The highest BCUT2D eigenvalue weighted by Gasteiger charge is 2.43. The Morgan fingerprint density at radius 3 is 2.83 bits per heavy atom. The van der Waals surface area contributed by atoms with Crippen LogP contribution in [0.15, 0.2) is 45.6 Å². The number of rotatable bonds is 5. The van der Waals surface area contributed by atoms with E-state index in [9.17, 15) is 24.9 Å². The van der Waals surface area contributed by atoms with E-state index in [1.807, 2.05) is 6.08 Å². The molecule has 10 nitrogen and oxygen atoms in total. The van der Waals surface area contributed by atoms with Crippen LogP contribution in [0.2, 0.25) is 0 Å². The molecular weight excluding hydrogens is 382 g/mol. The van der Waals surface area contributed by atoms with Gasteiger partial charge in [-0.25, -0.2) is 4.79 Å². The van der Waals surface area contributed by atoms with E-state index in [1.54, 1.807) is 18.2 Å². The minimum Gasteiger partial charge on any atom is -0.508 e. The SMILES string of the molecule is O=c1ccn([C@@H]2O[C@H](CNCC3=Cc4cc(O)ccc4OC3)[C@@H](O)[C@H]2O)c(=O)[nH]1. The number of fused-ring (bicyclic) bond motifs is 1. The average Bonchev–Trinajstić information content (AvgIpc) is 2.96. The van der Waals surface area contributed by atoms with Crippen LogP contribution in [0.5, 0.6) is 11.5 Å². The van der Waals surface area contributed by atoms with Crippen LogP contribution in [0.25, 0.3) is 6.08 Å². The third-order valence-corrected chi connectivity index (χ3v) is 4.93. The van der Waals surface area contributed by atoms with Crippen LogP contribution >= 0.6 is 0 Å². The smallest absolute Gasteiger partial charge is 0.330 e. The summed E-state index contributed by atoms with van der Waals surface area (Å²) >= 11 is 0. The van der Waals surface area contributed by atoms with E-state index in [4.69, 9.17) is 9.47 Å². The summed E-state index contributed by atoms with van der Waals surface area (Å²) in [6, 6.07) is 6.01. The van der Waals surface area contributed by atoms with Gasteiger partial charge < -0.3 is 30.1 Å². The molecule has 0 saturated carbocycles. The fourth-order valence-corrected chi connectivity index (χ4v) is 3.44. The van der Waals surface area contributed by atoms with Gasteiger partial charge in [0.15, 0.2) is 6.23 Å². The number of hydrogen-bond donors (Lipinski definition) is 5. The van der Waals surface area contributed by atoms with E-state index < -0.39 is 35.8 Å². The number of nitrogens with one attached hydrogen (secondary N) is 2. The number of phenols is 1. The van der Waals surface area contributed by atoms with Crippen LogP contribution in [0.3, 0.4) is 0 Å². The number of ether oxygens (including phenoxy) is 2. The van der Waals surface area contributed by atoms with E-state index in [0.717, 1.165) is 21.8 Å². The van der Waals surface area contributed by atoms with Crippen LogP contribution < -0.4 is 21.3 Å². The van der Waals surface area contributed by atoms with Crippen molar-refractivity contribution in [2.45, 2.75) is 24.5 Å². The number of H-pyrrole nitrogens is 1. The third-order valence-electron chi connectivity index (χ3n) is 4.93. The van der Waals surface area contributed by atoms with Crippen LogP contribution in [0.1, 0.15) is 11.8 Å². The fraction of sp³-hybridized carbons (Fsp3) is 0.368. The highest BCUT2D eigenvalue weighted by Crippen LogP contribution is 2.30. The molecule has 154 valence electrons. The molecule has 0 radical (unpaired) electrons. The molecule has 2 aliphatic rings. The first kappa shape index (κ1) is 19.4. The molecule has 1 aromatic heterocycles. The van der Waals surface area contributed by atoms with Crippen LogP contribution in [0, 0.1) is 0 Å². The zero-order valence-corrected chi connectivity index (χ0v) is 15.3. The highest BCUT2D eigenvalue weighted by atomic mass is 16.6. The van der Waals surface area contributed by atoms with E-state index in [2.05, 4.69) is 10.3 Å². The Kier molecular flexibility index (Phi) is 5.24. The van der Waals surface area contributed by atoms with Crippen molar-refractivity contribution in [2.75, 3.05) is 19.7 Å². The summed E-state index contributed by atoms with van der Waals surface area (Å²) in [6.45, 7) is 1.05. The molecule has 5 N–H and O–H groups in total. The van der Waals surface area contributed by atoms with Gasteiger partial charge in [-0.2, -0.15) is 0 Å². The van der Waals surface area contributed by atoms with Gasteiger partial charge in [0, 0.05) is 30.9 Å². The molecule has 1 saturated heterocycles. The van der Waals surface area contributed by atoms with E-state index in [0.29, 0.717) is 18.9 Å². The summed E-state index contributed by atoms with van der Waals surface area (Å²) in [5, 5.41) is 33.2. The Hall–Kier alpha value is -2.92. The van der Waals surface area contributed by atoms with Gasteiger partial charge >= 0.3 is 5.69 Å². The van der Waals surface area contributed by atoms with Gasteiger partial charge in [0.25, 0.3) is 5.56 Å². The van der Waals surface area contributed by atoms with Gasteiger partial charge in [-0.05, 0) is 29.8 Å². The maximum atomic E-state index is 11.9. The zero-order valence-electron chi connectivity index (χ0n) is 15.3. The Bertz CT molecular complexity index is 1040. The quantitative estimate of drug-likeness (QED) is 0.424. The molecule has 1 aromatic carbocycles. The molecule has 0 aliphatic carbocycles. The first-order chi connectivity index (χ1) is 13.9. The molecule has 4 rings (SSSR count). The zero-order chi connectivity index (χ0) is 20.5. The lowest BCUT2D eigenvalue weighted by molar-refractivity contribution is -0.0389. The third kappa shape index (κ3) is 3.96. The predicted octanol–water partition coefficient (Wildman–Crippen LogP) is -1.07. The molecule has 0 spiro atoms. The van der Waals surface area contributed by atoms with Crippen molar-refractivity contribution in [1.29, 1.82) is 0 Å². The molecule has 29 heavy (non-hydrogen) atoms. The second-order valence-corrected chi connectivity index (χ2v) is 7.01. The predicted molar refractivity (Wildman–Crippen MR) is 102 cm³/mol. The number of phenolic OH excluding ortho intramolecular Hbond substituents is 1. The van der Waals surface area contributed by atoms with Crippen molar-refractivity contribution in [2.24, 2.45) is 0 Å². The van der Waals surface area contributed by atoms with Gasteiger partial charge in [0.2, 0.25) is 0 Å². The number of aliphatic hydroxyl groups excluding tert-OH is 2. The monoisotopic (exact) mass is 403 g/mol. The number of nitrogens with zero attached hydrogens (tertiary/aromatic N) is 1. The molecule has 0 bridgehead atoms. The number of hydrogen-bond acceptors (Lipinski definition) is 8. The Labute approximate surface area is 164 Å². The van der Waals surface area contributed by atoms with Crippen molar-refractivity contribution < 1.29 is 24.8 Å². The topological polar surface area (TPSA) is 146 Å². The van der Waals surface area contributed by atoms with E-state index >= 15 is 0 Å². The van der Waals surface area contributed by atoms with Gasteiger partial charge in [-0.3, -0.25) is 14.3 Å². The van der Waals surface area contributed by atoms with Crippen molar-refractivity contribution in [3.05, 3.63) is 62.4 Å². The van der Waals surface area contributed by atoms with Crippen molar-refractivity contribution >= 4 is 6.08 Å². The maximum Gasteiger partial charge on any atom is 0.330 e. The number of aromatic hydroxyl groups is 1. The van der Waals surface area contributed by atoms with Crippen LogP contribution in [-0.4, -0.2) is 62.9 Å². The average molecular weight is 403 g/mol. The number of aromatic nitrogens is 2. The summed E-state index contributed by atoms with van der Waals surface area (Å²) in [6.07, 6.45) is -1.26. The summed E-state index contributed by atoms with van der Waals surface area (Å²) in [5.74, 6) is 0.844. The Balaban J connectivity index is 1.38. The standard InChI is InChI=1S/C19H21N3O7/c23-12-1-2-13-11(6-12)5-10(9-28-13)7-20-8-14-16(25)17(26)18(29-14)22-4-3-15(24)21-19(22)27/h1-6,14,16-18,20,23,25-26H,7-9H2,(H,21,24,27)/t14-,16-,17-,18-/m1/s1. The van der Waals surface area contributed by atoms with Crippen molar-refractivity contribution in [3.63, 3.8) is 0 Å². The lowest BCUT2D eigenvalue weighted by Gasteiger charge is -2.20. The fourth-order valence-electron chi connectivity index (χ4n) is 3.44. The summed E-state index contributed by atoms with van der Waals surface area (Å²) < 4.78 is 12.3. The summed E-state index contributed by atoms with van der Waals surface area (Å²) in [5.41, 5.74) is 0.423. The Morgan fingerprint density at radius 1 is 1.21 bits per heavy atom. The highest BCUT2D eigenvalue weighted by molar-refractivity contribution is 5.64. The molecule has 3 heterocycles.